The highest BCUT2D eigenvalue weighted by Gasteiger charge is 2.20. The van der Waals surface area contributed by atoms with Crippen molar-refractivity contribution in [1.29, 1.82) is 0 Å². The number of aromatic nitrogens is 1. The summed E-state index contributed by atoms with van der Waals surface area (Å²) in [4.78, 5) is 20.1. The molecule has 2 heterocycles. The first kappa shape index (κ1) is 21.5. The molecular weight excluding hydrogens is 408 g/mol. The van der Waals surface area contributed by atoms with Crippen LogP contribution in [0.2, 0.25) is 0 Å². The number of phenolic OH excluding ortho intramolecular Hbond substituents is 1. The third-order valence-electron chi connectivity index (χ3n) is 5.51. The summed E-state index contributed by atoms with van der Waals surface area (Å²) in [6.45, 7) is 2.67. The number of rotatable bonds is 8. The van der Waals surface area contributed by atoms with E-state index in [0.717, 1.165) is 41.5 Å². The topological polar surface area (TPSA) is 66.6 Å². The zero-order valence-corrected chi connectivity index (χ0v) is 19.1. The summed E-state index contributed by atoms with van der Waals surface area (Å²) in [5, 5.41) is 12.1. The molecule has 0 saturated carbocycles. The second-order valence-corrected chi connectivity index (χ2v) is 9.28. The molecule has 0 bridgehead atoms. The second-order valence-electron chi connectivity index (χ2n) is 8.25. The third kappa shape index (κ3) is 4.36. The van der Waals surface area contributed by atoms with Crippen LogP contribution < -0.4 is 5.43 Å². The predicted molar refractivity (Wildman–Crippen MR) is 128 cm³/mol. The summed E-state index contributed by atoms with van der Waals surface area (Å²) >= 11 is 1.49. The first-order chi connectivity index (χ1) is 15.0. The van der Waals surface area contributed by atoms with Crippen molar-refractivity contribution in [3.05, 3.63) is 57.9 Å². The Balaban J connectivity index is 1.85. The molecule has 0 fully saturated rings. The molecule has 0 aliphatic carbocycles. The van der Waals surface area contributed by atoms with Gasteiger partial charge in [-0.25, -0.2) is 4.98 Å². The number of aryl methyl sites for hydroxylation is 1. The molecule has 1 N–H and O–H groups in total. The molecule has 0 unspecified atom stereocenters. The molecule has 2 aromatic carbocycles. The van der Waals surface area contributed by atoms with Crippen molar-refractivity contribution in [3.8, 4) is 16.3 Å². The number of hydrogen-bond donors (Lipinski definition) is 1. The summed E-state index contributed by atoms with van der Waals surface area (Å²) in [5.74, 6) is 0.244. The molecule has 31 heavy (non-hydrogen) atoms. The molecule has 0 radical (unpaired) electrons. The van der Waals surface area contributed by atoms with Gasteiger partial charge in [-0.05, 0) is 50.7 Å². The van der Waals surface area contributed by atoms with Gasteiger partial charge in [-0.2, -0.15) is 0 Å². The lowest BCUT2D eigenvalue weighted by Gasteiger charge is -2.16. The number of unbranched alkanes of at least 4 members (excludes halogenated alkanes) is 3. The zero-order chi connectivity index (χ0) is 22.0. The molecule has 4 rings (SSSR count). The number of thiazole rings is 1. The van der Waals surface area contributed by atoms with Gasteiger partial charge in [0.1, 0.15) is 22.6 Å². The first-order valence-corrected chi connectivity index (χ1v) is 11.6. The summed E-state index contributed by atoms with van der Waals surface area (Å²) < 4.78 is 7.00. The van der Waals surface area contributed by atoms with Gasteiger partial charge >= 0.3 is 0 Å². The van der Waals surface area contributed by atoms with Crippen molar-refractivity contribution in [3.63, 3.8) is 0 Å². The molecule has 0 atom stereocenters. The van der Waals surface area contributed by atoms with Gasteiger partial charge in [0.2, 0.25) is 5.43 Å². The van der Waals surface area contributed by atoms with Crippen molar-refractivity contribution < 1.29 is 9.52 Å². The number of aromatic hydroxyl groups is 1. The van der Waals surface area contributed by atoms with Crippen LogP contribution in [0.25, 0.3) is 31.8 Å². The minimum atomic E-state index is -0.102. The maximum absolute atomic E-state index is 13.5. The lowest BCUT2D eigenvalue weighted by Crippen LogP contribution is -2.13. The predicted octanol–water partition coefficient (Wildman–Crippen LogP) is 5.96. The fraction of sp³-hybridized carbons (Fsp3) is 0.360. The second kappa shape index (κ2) is 9.20. The van der Waals surface area contributed by atoms with Gasteiger partial charge in [-0.15, -0.1) is 11.3 Å². The summed E-state index contributed by atoms with van der Waals surface area (Å²) in [5.41, 5.74) is 3.17. The van der Waals surface area contributed by atoms with Crippen molar-refractivity contribution in [2.75, 3.05) is 14.1 Å². The Bertz CT molecular complexity index is 1240. The molecule has 0 saturated heterocycles. The maximum Gasteiger partial charge on any atom is 0.202 e. The normalized spacial score (nSPS) is 11.7. The Kier molecular flexibility index (Phi) is 6.39. The minimum absolute atomic E-state index is 0.102. The molecule has 162 valence electrons. The molecule has 0 spiro atoms. The van der Waals surface area contributed by atoms with E-state index in [1.165, 1.54) is 24.0 Å². The highest BCUT2D eigenvalue weighted by molar-refractivity contribution is 7.21. The molecule has 6 heteroatoms. The van der Waals surface area contributed by atoms with Gasteiger partial charge in [0.05, 0.1) is 26.7 Å². The van der Waals surface area contributed by atoms with E-state index < -0.39 is 0 Å². The van der Waals surface area contributed by atoms with Crippen LogP contribution in [0.5, 0.6) is 5.75 Å². The Labute approximate surface area is 186 Å². The van der Waals surface area contributed by atoms with Crippen LogP contribution in [0.3, 0.4) is 0 Å². The van der Waals surface area contributed by atoms with Crippen LogP contribution in [-0.2, 0) is 13.0 Å². The van der Waals surface area contributed by atoms with Gasteiger partial charge in [0.15, 0.2) is 0 Å². The Morgan fingerprint density at radius 3 is 2.71 bits per heavy atom. The maximum atomic E-state index is 13.5. The minimum Gasteiger partial charge on any atom is -0.507 e. The number of phenols is 1. The summed E-state index contributed by atoms with van der Waals surface area (Å²) in [6.07, 6.45) is 6.65. The Morgan fingerprint density at radius 1 is 1.16 bits per heavy atom. The quantitative estimate of drug-likeness (QED) is 0.345. The van der Waals surface area contributed by atoms with Gasteiger partial charge in [-0.3, -0.25) is 4.79 Å². The first-order valence-electron chi connectivity index (χ1n) is 10.8. The fourth-order valence-electron chi connectivity index (χ4n) is 3.92. The lowest BCUT2D eigenvalue weighted by molar-refractivity contribution is 0.382. The van der Waals surface area contributed by atoms with E-state index in [1.807, 2.05) is 49.3 Å². The van der Waals surface area contributed by atoms with Crippen molar-refractivity contribution >= 4 is 32.5 Å². The van der Waals surface area contributed by atoms with E-state index in [9.17, 15) is 9.90 Å². The van der Waals surface area contributed by atoms with Crippen LogP contribution in [0.1, 0.15) is 43.7 Å². The van der Waals surface area contributed by atoms with E-state index in [-0.39, 0.29) is 11.2 Å². The molecule has 4 aromatic rings. The highest BCUT2D eigenvalue weighted by Crippen LogP contribution is 2.35. The lowest BCUT2D eigenvalue weighted by atomic mass is 9.98. The molecular formula is C25H28N2O3S. The molecule has 0 amide bonds. The fourth-order valence-corrected chi connectivity index (χ4v) is 4.89. The van der Waals surface area contributed by atoms with Crippen LogP contribution in [0, 0.1) is 0 Å². The average molecular weight is 437 g/mol. The van der Waals surface area contributed by atoms with Crippen molar-refractivity contribution in [2.45, 2.75) is 45.6 Å². The van der Waals surface area contributed by atoms with E-state index in [0.29, 0.717) is 33.6 Å². The molecule has 0 aliphatic heterocycles. The van der Waals surface area contributed by atoms with Crippen molar-refractivity contribution in [2.24, 2.45) is 0 Å². The van der Waals surface area contributed by atoms with Crippen LogP contribution in [0.15, 0.2) is 45.8 Å². The van der Waals surface area contributed by atoms with Crippen molar-refractivity contribution in [1.82, 2.24) is 9.88 Å². The van der Waals surface area contributed by atoms with E-state index in [2.05, 4.69) is 11.9 Å². The average Bonchev–Trinajstić information content (AvgIpc) is 3.18. The molecule has 0 aliphatic rings. The van der Waals surface area contributed by atoms with Gasteiger partial charge in [0, 0.05) is 6.54 Å². The van der Waals surface area contributed by atoms with Gasteiger partial charge in [-0.1, -0.05) is 38.3 Å². The number of nitrogens with zero attached hydrogens (tertiary/aromatic N) is 2. The third-order valence-corrected chi connectivity index (χ3v) is 6.58. The number of benzene rings is 2. The smallest absolute Gasteiger partial charge is 0.202 e. The van der Waals surface area contributed by atoms with Crippen LogP contribution in [0.4, 0.5) is 0 Å². The Morgan fingerprint density at radius 2 is 1.97 bits per heavy atom. The van der Waals surface area contributed by atoms with Crippen LogP contribution in [-0.4, -0.2) is 29.1 Å². The van der Waals surface area contributed by atoms with Gasteiger partial charge < -0.3 is 14.4 Å². The largest absolute Gasteiger partial charge is 0.507 e. The van der Waals surface area contributed by atoms with E-state index in [4.69, 9.17) is 4.42 Å². The standard InChI is InChI=1S/C25H28N2O3S/c1-4-5-6-7-10-16-13-17-23(29)19(25-26-20-11-8-9-12-21(20)31-25)15-30-24(17)18(22(16)28)14-27(2)3/h8-9,11-13,15,28H,4-7,10,14H2,1-3H3. The van der Waals surface area contributed by atoms with Gasteiger partial charge in [0.25, 0.3) is 0 Å². The summed E-state index contributed by atoms with van der Waals surface area (Å²) in [7, 11) is 3.87. The van der Waals surface area contributed by atoms with E-state index >= 15 is 0 Å². The van der Waals surface area contributed by atoms with E-state index in [1.54, 1.807) is 0 Å². The molecule has 5 nitrogen and oxygen atoms in total. The molecule has 2 aromatic heterocycles. The number of fused-ring (bicyclic) bond motifs is 2. The zero-order valence-electron chi connectivity index (χ0n) is 18.3. The SMILES string of the molecule is CCCCCCc1cc2c(=O)c(-c3nc4ccccc4s3)coc2c(CN(C)C)c1O. The monoisotopic (exact) mass is 436 g/mol. The highest BCUT2D eigenvalue weighted by atomic mass is 32.1. The Hall–Kier alpha value is -2.70. The number of para-hydroxylation sites is 1. The summed E-state index contributed by atoms with van der Waals surface area (Å²) in [6, 6.07) is 9.67. The van der Waals surface area contributed by atoms with Crippen LogP contribution >= 0.6 is 11.3 Å². The number of hydrogen-bond acceptors (Lipinski definition) is 6.